The third-order valence-electron chi connectivity index (χ3n) is 3.46. The minimum atomic E-state index is -0.636. The molecule has 2 aromatic rings. The SMILES string of the molecule is C#CCOc1ccc(/C=C(\C#N)C(=O)Nc2c(Cl)cccc2Cl)cc1OCC. The molecule has 1 N–H and O–H groups in total. The molecule has 0 radical (unpaired) electrons. The number of nitrogens with zero attached hydrogens (tertiary/aromatic N) is 1. The Morgan fingerprint density at radius 3 is 2.54 bits per heavy atom. The quantitative estimate of drug-likeness (QED) is 0.395. The first-order valence-corrected chi connectivity index (χ1v) is 8.96. The number of halogens is 2. The predicted octanol–water partition coefficient (Wildman–Crippen LogP) is 4.95. The van der Waals surface area contributed by atoms with Crippen molar-refractivity contribution >= 4 is 40.9 Å². The van der Waals surface area contributed by atoms with Gasteiger partial charge in [-0.2, -0.15) is 5.26 Å². The summed E-state index contributed by atoms with van der Waals surface area (Å²) in [7, 11) is 0. The standard InChI is InChI=1S/C21H16Cl2N2O3/c1-3-10-28-18-9-8-14(12-19(18)27-4-2)11-15(13-24)21(26)25-20-16(22)6-5-7-17(20)23/h1,5-9,11-12H,4,10H2,2H3,(H,25,26)/b15-11+. The van der Waals surface area contributed by atoms with Crippen LogP contribution in [0.1, 0.15) is 12.5 Å². The zero-order valence-corrected chi connectivity index (χ0v) is 16.5. The summed E-state index contributed by atoms with van der Waals surface area (Å²) < 4.78 is 11.0. The summed E-state index contributed by atoms with van der Waals surface area (Å²) in [5.74, 6) is 2.68. The van der Waals surface area contributed by atoms with E-state index in [0.29, 0.717) is 23.7 Å². The molecule has 0 atom stereocenters. The van der Waals surface area contributed by atoms with E-state index in [-0.39, 0.29) is 27.9 Å². The number of benzene rings is 2. The number of hydrogen-bond donors (Lipinski definition) is 1. The lowest BCUT2D eigenvalue weighted by molar-refractivity contribution is -0.112. The fraction of sp³-hybridized carbons (Fsp3) is 0.143. The third kappa shape index (κ3) is 5.44. The number of ether oxygens (including phenoxy) is 2. The topological polar surface area (TPSA) is 71.3 Å². The van der Waals surface area contributed by atoms with Crippen molar-refractivity contribution in [2.24, 2.45) is 0 Å². The van der Waals surface area contributed by atoms with E-state index < -0.39 is 5.91 Å². The molecule has 28 heavy (non-hydrogen) atoms. The number of nitriles is 1. The summed E-state index contributed by atoms with van der Waals surface area (Å²) in [6.07, 6.45) is 6.63. The highest BCUT2D eigenvalue weighted by Gasteiger charge is 2.14. The fourth-order valence-electron chi connectivity index (χ4n) is 2.23. The van der Waals surface area contributed by atoms with E-state index in [4.69, 9.17) is 39.1 Å². The van der Waals surface area contributed by atoms with Gasteiger partial charge in [0.2, 0.25) is 0 Å². The summed E-state index contributed by atoms with van der Waals surface area (Å²) >= 11 is 12.1. The number of anilines is 1. The Morgan fingerprint density at radius 2 is 1.93 bits per heavy atom. The number of amides is 1. The molecular formula is C21H16Cl2N2O3. The molecule has 0 saturated heterocycles. The number of para-hydroxylation sites is 1. The van der Waals surface area contributed by atoms with Crippen LogP contribution in [0.3, 0.4) is 0 Å². The molecule has 5 nitrogen and oxygen atoms in total. The van der Waals surface area contributed by atoms with Gasteiger partial charge in [0, 0.05) is 0 Å². The molecule has 0 aliphatic heterocycles. The van der Waals surface area contributed by atoms with Crippen molar-refractivity contribution in [3.63, 3.8) is 0 Å². The Kier molecular flexibility index (Phi) is 7.77. The zero-order valence-electron chi connectivity index (χ0n) is 15.0. The van der Waals surface area contributed by atoms with E-state index in [2.05, 4.69) is 11.2 Å². The fourth-order valence-corrected chi connectivity index (χ4v) is 2.73. The lowest BCUT2D eigenvalue weighted by Crippen LogP contribution is -2.14. The molecule has 0 unspecified atom stereocenters. The van der Waals surface area contributed by atoms with Crippen LogP contribution in [0.15, 0.2) is 42.0 Å². The maximum absolute atomic E-state index is 12.5. The maximum atomic E-state index is 12.5. The Hall–Kier alpha value is -3.12. The second kappa shape index (κ2) is 10.3. The van der Waals surface area contributed by atoms with E-state index >= 15 is 0 Å². The molecule has 0 saturated carbocycles. The van der Waals surface area contributed by atoms with Crippen molar-refractivity contribution in [2.75, 3.05) is 18.5 Å². The predicted molar refractivity (Wildman–Crippen MR) is 111 cm³/mol. The molecule has 0 aliphatic carbocycles. The highest BCUT2D eigenvalue weighted by Crippen LogP contribution is 2.31. The number of nitrogens with one attached hydrogen (secondary N) is 1. The second-order valence-corrected chi connectivity index (χ2v) is 6.17. The van der Waals surface area contributed by atoms with Crippen LogP contribution in [0.25, 0.3) is 6.08 Å². The van der Waals surface area contributed by atoms with Gasteiger partial charge in [-0.05, 0) is 42.8 Å². The number of rotatable bonds is 7. The molecular weight excluding hydrogens is 399 g/mol. The first kappa shape index (κ1) is 21.2. The van der Waals surface area contributed by atoms with E-state index in [9.17, 15) is 10.1 Å². The van der Waals surface area contributed by atoms with Crippen LogP contribution in [0.5, 0.6) is 11.5 Å². The molecule has 142 valence electrons. The number of terminal acetylenes is 1. The van der Waals surface area contributed by atoms with Gasteiger partial charge in [-0.1, -0.05) is 41.3 Å². The summed E-state index contributed by atoms with van der Waals surface area (Å²) in [5, 5.41) is 12.5. The van der Waals surface area contributed by atoms with E-state index in [0.717, 1.165) is 0 Å². The van der Waals surface area contributed by atoms with E-state index in [1.807, 2.05) is 13.0 Å². The highest BCUT2D eigenvalue weighted by atomic mass is 35.5. The lowest BCUT2D eigenvalue weighted by Gasteiger charge is -2.11. The highest BCUT2D eigenvalue weighted by molar-refractivity contribution is 6.40. The summed E-state index contributed by atoms with van der Waals surface area (Å²) in [5.41, 5.74) is 0.689. The van der Waals surface area contributed by atoms with Gasteiger partial charge in [-0.15, -0.1) is 6.42 Å². The minimum Gasteiger partial charge on any atom is -0.490 e. The molecule has 7 heteroatoms. The van der Waals surface area contributed by atoms with Crippen LogP contribution in [0, 0.1) is 23.7 Å². The molecule has 0 spiro atoms. The number of hydrogen-bond acceptors (Lipinski definition) is 4. The van der Waals surface area contributed by atoms with Gasteiger partial charge in [-0.3, -0.25) is 4.79 Å². The number of carbonyl (C=O) groups excluding carboxylic acids is 1. The van der Waals surface area contributed by atoms with Crippen LogP contribution < -0.4 is 14.8 Å². The van der Waals surface area contributed by atoms with Crippen molar-refractivity contribution in [1.82, 2.24) is 0 Å². The van der Waals surface area contributed by atoms with E-state index in [1.165, 1.54) is 6.08 Å². The third-order valence-corrected chi connectivity index (χ3v) is 4.09. The van der Waals surface area contributed by atoms with Crippen LogP contribution in [0.4, 0.5) is 5.69 Å². The monoisotopic (exact) mass is 414 g/mol. The summed E-state index contributed by atoms with van der Waals surface area (Å²) in [6.45, 7) is 2.34. The molecule has 2 aromatic carbocycles. The van der Waals surface area contributed by atoms with E-state index in [1.54, 1.807) is 36.4 Å². The van der Waals surface area contributed by atoms with Crippen LogP contribution >= 0.6 is 23.2 Å². The van der Waals surface area contributed by atoms with Crippen molar-refractivity contribution in [3.05, 3.63) is 57.6 Å². The maximum Gasteiger partial charge on any atom is 0.266 e. The summed E-state index contributed by atoms with van der Waals surface area (Å²) in [4.78, 5) is 12.5. The van der Waals surface area contributed by atoms with Crippen molar-refractivity contribution in [3.8, 4) is 29.9 Å². The zero-order chi connectivity index (χ0) is 20.5. The first-order valence-electron chi connectivity index (χ1n) is 8.20. The average molecular weight is 415 g/mol. The van der Waals surface area contributed by atoms with Gasteiger partial charge in [0.05, 0.1) is 22.3 Å². The molecule has 1 amide bonds. The van der Waals surface area contributed by atoms with Gasteiger partial charge in [0.25, 0.3) is 5.91 Å². The lowest BCUT2D eigenvalue weighted by atomic mass is 10.1. The Labute approximate surface area is 173 Å². The van der Waals surface area contributed by atoms with Crippen molar-refractivity contribution < 1.29 is 14.3 Å². The van der Waals surface area contributed by atoms with Gasteiger partial charge in [-0.25, -0.2) is 0 Å². The molecule has 0 aromatic heterocycles. The summed E-state index contributed by atoms with van der Waals surface area (Å²) in [6, 6.07) is 11.7. The van der Waals surface area contributed by atoms with Crippen LogP contribution in [0.2, 0.25) is 10.0 Å². The molecule has 0 fully saturated rings. The van der Waals surface area contributed by atoms with Gasteiger partial charge >= 0.3 is 0 Å². The normalized spacial score (nSPS) is 10.5. The van der Waals surface area contributed by atoms with Gasteiger partial charge < -0.3 is 14.8 Å². The Balaban J connectivity index is 2.30. The van der Waals surface area contributed by atoms with Gasteiger partial charge in [0.15, 0.2) is 11.5 Å². The molecule has 0 aliphatic rings. The van der Waals surface area contributed by atoms with Crippen LogP contribution in [-0.2, 0) is 4.79 Å². The first-order chi connectivity index (χ1) is 13.5. The van der Waals surface area contributed by atoms with Gasteiger partial charge in [0.1, 0.15) is 18.2 Å². The average Bonchev–Trinajstić information content (AvgIpc) is 2.68. The molecule has 0 bridgehead atoms. The largest absolute Gasteiger partial charge is 0.490 e. The Bertz CT molecular complexity index is 968. The molecule has 0 heterocycles. The molecule has 2 rings (SSSR count). The van der Waals surface area contributed by atoms with Crippen LogP contribution in [-0.4, -0.2) is 19.1 Å². The second-order valence-electron chi connectivity index (χ2n) is 5.35. The minimum absolute atomic E-state index is 0.0969. The Morgan fingerprint density at radius 1 is 1.21 bits per heavy atom. The number of carbonyl (C=O) groups is 1. The van der Waals surface area contributed by atoms with Crippen molar-refractivity contribution in [2.45, 2.75) is 6.92 Å². The smallest absolute Gasteiger partial charge is 0.266 e. The van der Waals surface area contributed by atoms with Crippen molar-refractivity contribution in [1.29, 1.82) is 5.26 Å².